The summed E-state index contributed by atoms with van der Waals surface area (Å²) < 4.78 is 5.51. The van der Waals surface area contributed by atoms with Crippen molar-refractivity contribution in [1.29, 1.82) is 0 Å². The minimum absolute atomic E-state index is 0.722. The fourth-order valence-corrected chi connectivity index (χ4v) is 3.64. The van der Waals surface area contributed by atoms with Crippen LogP contribution in [0.3, 0.4) is 0 Å². The van der Waals surface area contributed by atoms with Gasteiger partial charge in [0.1, 0.15) is 5.75 Å². The van der Waals surface area contributed by atoms with Crippen molar-refractivity contribution in [3.8, 4) is 5.75 Å². The first-order valence-corrected chi connectivity index (χ1v) is 8.06. The Morgan fingerprint density at radius 1 is 1.20 bits per heavy atom. The summed E-state index contributed by atoms with van der Waals surface area (Å²) in [6, 6.07) is 10.1. The number of hydrogen-bond acceptors (Lipinski definition) is 3. The van der Waals surface area contributed by atoms with Crippen LogP contribution in [-0.4, -0.2) is 36.7 Å². The molecule has 1 N–H and O–H groups in total. The Balaban J connectivity index is 1.60. The molecule has 2 unspecified atom stereocenters. The summed E-state index contributed by atoms with van der Waals surface area (Å²) >= 11 is 0. The van der Waals surface area contributed by atoms with E-state index in [4.69, 9.17) is 4.74 Å². The minimum atomic E-state index is 0.722. The number of nitrogens with one attached hydrogen (secondary N) is 1. The summed E-state index contributed by atoms with van der Waals surface area (Å²) in [6.07, 6.45) is 5.40. The molecule has 2 aliphatic heterocycles. The number of rotatable bonds is 5. The average molecular weight is 274 g/mol. The van der Waals surface area contributed by atoms with E-state index in [9.17, 15) is 0 Å². The van der Waals surface area contributed by atoms with Crippen molar-refractivity contribution in [2.24, 2.45) is 0 Å². The first-order chi connectivity index (χ1) is 9.86. The van der Waals surface area contributed by atoms with Crippen LogP contribution in [0.25, 0.3) is 0 Å². The van der Waals surface area contributed by atoms with Crippen molar-refractivity contribution in [1.82, 2.24) is 10.2 Å². The third kappa shape index (κ3) is 3.15. The Labute approximate surface area is 122 Å². The van der Waals surface area contributed by atoms with E-state index in [-0.39, 0.29) is 0 Å². The lowest BCUT2D eigenvalue weighted by atomic mass is 10.0. The average Bonchev–Trinajstić information content (AvgIpc) is 3.12. The number of likely N-dealkylation sites (tertiary alicyclic amines) is 1. The van der Waals surface area contributed by atoms with Gasteiger partial charge >= 0.3 is 0 Å². The molecule has 20 heavy (non-hydrogen) atoms. The van der Waals surface area contributed by atoms with Gasteiger partial charge in [-0.05, 0) is 63.4 Å². The summed E-state index contributed by atoms with van der Waals surface area (Å²) in [5, 5.41) is 3.68. The first-order valence-electron chi connectivity index (χ1n) is 8.06. The Hall–Kier alpha value is -1.06. The zero-order chi connectivity index (χ0) is 13.8. The van der Waals surface area contributed by atoms with Crippen LogP contribution in [-0.2, 0) is 6.54 Å². The van der Waals surface area contributed by atoms with Gasteiger partial charge in [-0.3, -0.25) is 4.90 Å². The third-order valence-corrected chi connectivity index (χ3v) is 4.60. The van der Waals surface area contributed by atoms with E-state index in [1.807, 2.05) is 6.92 Å². The van der Waals surface area contributed by atoms with Gasteiger partial charge in [-0.1, -0.05) is 12.1 Å². The second kappa shape index (κ2) is 6.59. The molecule has 0 saturated carbocycles. The van der Waals surface area contributed by atoms with Crippen LogP contribution < -0.4 is 10.1 Å². The molecule has 2 saturated heterocycles. The molecule has 2 heterocycles. The molecule has 3 nitrogen and oxygen atoms in total. The molecular formula is C17H26N2O. The molecule has 0 aliphatic carbocycles. The molecule has 0 aromatic heterocycles. The highest BCUT2D eigenvalue weighted by Crippen LogP contribution is 2.26. The SMILES string of the molecule is CCOc1ccc(CN2CCCC2C2CCCN2)cc1. The zero-order valence-corrected chi connectivity index (χ0v) is 12.5. The highest BCUT2D eigenvalue weighted by molar-refractivity contribution is 5.27. The van der Waals surface area contributed by atoms with E-state index in [1.165, 1.54) is 44.3 Å². The monoisotopic (exact) mass is 274 g/mol. The molecule has 0 bridgehead atoms. The highest BCUT2D eigenvalue weighted by atomic mass is 16.5. The molecule has 0 amide bonds. The second-order valence-electron chi connectivity index (χ2n) is 5.96. The molecule has 2 atom stereocenters. The standard InChI is InChI=1S/C17H26N2O/c1-2-20-15-9-7-14(8-10-15)13-19-12-4-6-17(19)16-5-3-11-18-16/h7-10,16-18H,2-6,11-13H2,1H3. The number of ether oxygens (including phenoxy) is 1. The molecule has 2 fully saturated rings. The molecule has 2 aliphatic rings. The lowest BCUT2D eigenvalue weighted by Gasteiger charge is -2.29. The Morgan fingerprint density at radius 2 is 2.05 bits per heavy atom. The van der Waals surface area contributed by atoms with Crippen molar-refractivity contribution >= 4 is 0 Å². The van der Waals surface area contributed by atoms with Gasteiger partial charge in [0, 0.05) is 18.6 Å². The van der Waals surface area contributed by atoms with E-state index in [0.29, 0.717) is 0 Å². The predicted octanol–water partition coefficient (Wildman–Crippen LogP) is 2.80. The largest absolute Gasteiger partial charge is 0.494 e. The van der Waals surface area contributed by atoms with Gasteiger partial charge in [0.2, 0.25) is 0 Å². The fraction of sp³-hybridized carbons (Fsp3) is 0.647. The Bertz CT molecular complexity index is 412. The normalized spacial score (nSPS) is 27.1. The summed E-state index contributed by atoms with van der Waals surface area (Å²) in [4.78, 5) is 2.67. The smallest absolute Gasteiger partial charge is 0.119 e. The van der Waals surface area contributed by atoms with Gasteiger partial charge in [0.05, 0.1) is 6.61 Å². The molecule has 110 valence electrons. The van der Waals surface area contributed by atoms with Crippen molar-refractivity contribution in [3.05, 3.63) is 29.8 Å². The first kappa shape index (κ1) is 13.9. The van der Waals surface area contributed by atoms with E-state index in [0.717, 1.165) is 31.0 Å². The number of hydrogen-bond donors (Lipinski definition) is 1. The van der Waals surface area contributed by atoms with Crippen LogP contribution in [0.1, 0.15) is 38.2 Å². The van der Waals surface area contributed by atoms with Crippen LogP contribution in [0.5, 0.6) is 5.75 Å². The molecule has 3 heteroatoms. The van der Waals surface area contributed by atoms with Crippen LogP contribution in [0, 0.1) is 0 Å². The quantitative estimate of drug-likeness (QED) is 0.893. The molecule has 1 aromatic carbocycles. The van der Waals surface area contributed by atoms with Crippen molar-refractivity contribution in [2.75, 3.05) is 19.7 Å². The maximum absolute atomic E-state index is 5.51. The van der Waals surface area contributed by atoms with Crippen LogP contribution >= 0.6 is 0 Å². The van der Waals surface area contributed by atoms with Gasteiger partial charge in [-0.2, -0.15) is 0 Å². The fourth-order valence-electron chi connectivity index (χ4n) is 3.64. The zero-order valence-electron chi connectivity index (χ0n) is 12.5. The van der Waals surface area contributed by atoms with Gasteiger partial charge in [-0.15, -0.1) is 0 Å². The van der Waals surface area contributed by atoms with Gasteiger partial charge in [0.15, 0.2) is 0 Å². The minimum Gasteiger partial charge on any atom is -0.494 e. The molecular weight excluding hydrogens is 248 g/mol. The maximum Gasteiger partial charge on any atom is 0.119 e. The molecule has 1 aromatic rings. The van der Waals surface area contributed by atoms with Crippen molar-refractivity contribution in [2.45, 2.75) is 51.2 Å². The van der Waals surface area contributed by atoms with Crippen LogP contribution in [0.4, 0.5) is 0 Å². The van der Waals surface area contributed by atoms with E-state index < -0.39 is 0 Å². The van der Waals surface area contributed by atoms with Crippen molar-refractivity contribution in [3.63, 3.8) is 0 Å². The molecule has 0 radical (unpaired) electrons. The Morgan fingerprint density at radius 3 is 2.75 bits per heavy atom. The predicted molar refractivity (Wildman–Crippen MR) is 82.1 cm³/mol. The Kier molecular flexibility index (Phi) is 4.58. The van der Waals surface area contributed by atoms with Crippen LogP contribution in [0.2, 0.25) is 0 Å². The summed E-state index contributed by atoms with van der Waals surface area (Å²) in [5.41, 5.74) is 1.40. The maximum atomic E-state index is 5.51. The third-order valence-electron chi connectivity index (χ3n) is 4.60. The van der Waals surface area contributed by atoms with E-state index in [2.05, 4.69) is 34.5 Å². The summed E-state index contributed by atoms with van der Waals surface area (Å²) in [6.45, 7) is 6.29. The van der Waals surface area contributed by atoms with Gasteiger partial charge < -0.3 is 10.1 Å². The topological polar surface area (TPSA) is 24.5 Å². The van der Waals surface area contributed by atoms with E-state index in [1.54, 1.807) is 0 Å². The molecule has 3 rings (SSSR count). The number of nitrogens with zero attached hydrogens (tertiary/aromatic N) is 1. The molecule has 0 spiro atoms. The second-order valence-corrected chi connectivity index (χ2v) is 5.96. The van der Waals surface area contributed by atoms with Crippen LogP contribution in [0.15, 0.2) is 24.3 Å². The summed E-state index contributed by atoms with van der Waals surface area (Å²) in [7, 11) is 0. The summed E-state index contributed by atoms with van der Waals surface area (Å²) in [5.74, 6) is 0.978. The lowest BCUT2D eigenvalue weighted by Crippen LogP contribution is -2.43. The lowest BCUT2D eigenvalue weighted by molar-refractivity contribution is 0.206. The van der Waals surface area contributed by atoms with E-state index >= 15 is 0 Å². The van der Waals surface area contributed by atoms with Gasteiger partial charge in [0.25, 0.3) is 0 Å². The van der Waals surface area contributed by atoms with Crippen molar-refractivity contribution < 1.29 is 4.74 Å². The van der Waals surface area contributed by atoms with Gasteiger partial charge in [-0.25, -0.2) is 0 Å². The number of benzene rings is 1. The highest BCUT2D eigenvalue weighted by Gasteiger charge is 2.32.